The number of carbonyl (C=O) groups is 2. The van der Waals surface area contributed by atoms with Crippen LogP contribution >= 0.6 is 0 Å². The molecule has 0 radical (unpaired) electrons. The molecule has 1 heterocycles. The number of amides is 2. The summed E-state index contributed by atoms with van der Waals surface area (Å²) < 4.78 is 15.8. The van der Waals surface area contributed by atoms with Crippen LogP contribution in [0.15, 0.2) is 42.5 Å². The van der Waals surface area contributed by atoms with Crippen molar-refractivity contribution in [2.45, 2.75) is 19.8 Å². The molecule has 2 amide bonds. The van der Waals surface area contributed by atoms with Crippen molar-refractivity contribution >= 4 is 11.8 Å². The minimum absolute atomic E-state index is 0.132. The van der Waals surface area contributed by atoms with Crippen molar-refractivity contribution in [3.8, 4) is 17.2 Å². The Hall–Kier alpha value is -3.22. The number of benzene rings is 2. The number of carbonyl (C=O) groups excluding carboxylic acids is 2. The molecule has 26 heavy (non-hydrogen) atoms. The van der Waals surface area contributed by atoms with Gasteiger partial charge in [-0.2, -0.15) is 0 Å². The molecule has 7 heteroatoms. The SMILES string of the molecule is CC(C)c1ccc(OCC(=O)NNC(=O)c2ccc3c(c2)OCO3)cc1. The van der Waals surface area contributed by atoms with Crippen LogP contribution in [-0.2, 0) is 4.79 Å². The Labute approximate surface area is 151 Å². The molecule has 0 aromatic heterocycles. The number of nitrogens with one attached hydrogen (secondary N) is 2. The van der Waals surface area contributed by atoms with Crippen LogP contribution in [0.25, 0.3) is 0 Å². The summed E-state index contributed by atoms with van der Waals surface area (Å²) in [6, 6.07) is 12.3. The quantitative estimate of drug-likeness (QED) is 0.804. The van der Waals surface area contributed by atoms with Crippen LogP contribution in [0.5, 0.6) is 17.2 Å². The largest absolute Gasteiger partial charge is 0.484 e. The maximum Gasteiger partial charge on any atom is 0.276 e. The van der Waals surface area contributed by atoms with Crippen molar-refractivity contribution in [2.24, 2.45) is 0 Å². The maximum absolute atomic E-state index is 12.1. The Balaban J connectivity index is 1.45. The van der Waals surface area contributed by atoms with Gasteiger partial charge in [0.1, 0.15) is 5.75 Å². The number of hydrogen-bond donors (Lipinski definition) is 2. The zero-order valence-electron chi connectivity index (χ0n) is 14.6. The minimum atomic E-state index is -0.466. The van der Waals surface area contributed by atoms with Gasteiger partial charge in [-0.25, -0.2) is 0 Å². The molecule has 0 fully saturated rings. The lowest BCUT2D eigenvalue weighted by molar-refractivity contribution is -0.123. The molecular formula is C19H20N2O5. The van der Waals surface area contributed by atoms with E-state index in [9.17, 15) is 9.59 Å². The molecular weight excluding hydrogens is 336 g/mol. The number of rotatable bonds is 5. The second kappa shape index (κ2) is 7.77. The zero-order chi connectivity index (χ0) is 18.5. The van der Waals surface area contributed by atoms with Crippen molar-refractivity contribution in [3.05, 3.63) is 53.6 Å². The van der Waals surface area contributed by atoms with Crippen molar-refractivity contribution < 1.29 is 23.8 Å². The van der Waals surface area contributed by atoms with Gasteiger partial charge in [0.05, 0.1) is 0 Å². The first kappa shape index (κ1) is 17.6. The molecule has 0 saturated heterocycles. The highest BCUT2D eigenvalue weighted by atomic mass is 16.7. The van der Waals surface area contributed by atoms with E-state index in [0.29, 0.717) is 28.7 Å². The lowest BCUT2D eigenvalue weighted by atomic mass is 10.0. The predicted octanol–water partition coefficient (Wildman–Crippen LogP) is 2.38. The third-order valence-corrected chi connectivity index (χ3v) is 3.87. The summed E-state index contributed by atoms with van der Waals surface area (Å²) in [5.74, 6) is 1.18. The van der Waals surface area contributed by atoms with Crippen LogP contribution in [0, 0.1) is 0 Å². The van der Waals surface area contributed by atoms with E-state index in [2.05, 4.69) is 24.7 Å². The van der Waals surface area contributed by atoms with E-state index < -0.39 is 11.8 Å². The average molecular weight is 356 g/mol. The average Bonchev–Trinajstić information content (AvgIpc) is 3.12. The third-order valence-electron chi connectivity index (χ3n) is 3.87. The second-order valence-electron chi connectivity index (χ2n) is 6.08. The maximum atomic E-state index is 12.1. The Bertz CT molecular complexity index is 802. The van der Waals surface area contributed by atoms with Gasteiger partial charge in [0.15, 0.2) is 18.1 Å². The normalized spacial score (nSPS) is 12.0. The summed E-state index contributed by atoms with van der Waals surface area (Å²) >= 11 is 0. The lowest BCUT2D eigenvalue weighted by Crippen LogP contribution is -2.43. The molecule has 1 aliphatic rings. The van der Waals surface area contributed by atoms with E-state index in [4.69, 9.17) is 14.2 Å². The molecule has 136 valence electrons. The van der Waals surface area contributed by atoms with Crippen molar-refractivity contribution in [2.75, 3.05) is 13.4 Å². The second-order valence-corrected chi connectivity index (χ2v) is 6.08. The van der Waals surface area contributed by atoms with Gasteiger partial charge in [-0.3, -0.25) is 20.4 Å². The Morgan fingerprint density at radius 2 is 1.77 bits per heavy atom. The van der Waals surface area contributed by atoms with Gasteiger partial charge in [-0.15, -0.1) is 0 Å². The first-order valence-electron chi connectivity index (χ1n) is 8.24. The number of hydrazine groups is 1. The molecule has 0 aliphatic carbocycles. The molecule has 0 atom stereocenters. The molecule has 0 saturated carbocycles. The summed E-state index contributed by atoms with van der Waals surface area (Å²) in [6.45, 7) is 4.13. The standard InChI is InChI=1S/C19H20N2O5/c1-12(2)13-3-6-15(7-4-13)24-10-18(22)20-21-19(23)14-5-8-16-17(9-14)26-11-25-16/h3-9,12H,10-11H2,1-2H3,(H,20,22)(H,21,23). The highest BCUT2D eigenvalue weighted by Gasteiger charge is 2.16. The molecule has 1 aliphatic heterocycles. The van der Waals surface area contributed by atoms with Crippen LogP contribution < -0.4 is 25.1 Å². The smallest absolute Gasteiger partial charge is 0.276 e. The fourth-order valence-corrected chi connectivity index (χ4v) is 2.37. The highest BCUT2D eigenvalue weighted by Crippen LogP contribution is 2.32. The molecule has 2 aromatic rings. The van der Waals surface area contributed by atoms with E-state index in [1.165, 1.54) is 5.56 Å². The number of hydrogen-bond acceptors (Lipinski definition) is 5. The van der Waals surface area contributed by atoms with Gasteiger partial charge in [0.2, 0.25) is 6.79 Å². The van der Waals surface area contributed by atoms with Crippen molar-refractivity contribution in [1.29, 1.82) is 0 Å². The fourth-order valence-electron chi connectivity index (χ4n) is 2.37. The van der Waals surface area contributed by atoms with E-state index in [1.54, 1.807) is 18.2 Å². The Morgan fingerprint density at radius 3 is 2.50 bits per heavy atom. The Morgan fingerprint density at radius 1 is 1.04 bits per heavy atom. The van der Waals surface area contributed by atoms with Gasteiger partial charge in [0, 0.05) is 5.56 Å². The highest BCUT2D eigenvalue weighted by molar-refractivity contribution is 5.96. The lowest BCUT2D eigenvalue weighted by Gasteiger charge is -2.10. The van der Waals surface area contributed by atoms with E-state index in [-0.39, 0.29) is 13.4 Å². The first-order chi connectivity index (χ1) is 12.5. The molecule has 7 nitrogen and oxygen atoms in total. The minimum Gasteiger partial charge on any atom is -0.484 e. The Kier molecular flexibility index (Phi) is 5.26. The summed E-state index contributed by atoms with van der Waals surface area (Å²) in [5.41, 5.74) is 6.19. The molecule has 0 spiro atoms. The van der Waals surface area contributed by atoms with Gasteiger partial charge >= 0.3 is 0 Å². The predicted molar refractivity (Wildman–Crippen MR) is 94.2 cm³/mol. The summed E-state index contributed by atoms with van der Waals surface area (Å²) in [4.78, 5) is 23.9. The van der Waals surface area contributed by atoms with E-state index in [0.717, 1.165) is 0 Å². The van der Waals surface area contributed by atoms with E-state index in [1.807, 2.05) is 24.3 Å². The first-order valence-corrected chi connectivity index (χ1v) is 8.24. The van der Waals surface area contributed by atoms with Crippen LogP contribution in [0.2, 0.25) is 0 Å². The molecule has 0 unspecified atom stereocenters. The topological polar surface area (TPSA) is 85.9 Å². The molecule has 2 aromatic carbocycles. The van der Waals surface area contributed by atoms with E-state index >= 15 is 0 Å². The molecule has 0 bridgehead atoms. The van der Waals surface area contributed by atoms with Crippen molar-refractivity contribution in [1.82, 2.24) is 10.9 Å². The van der Waals surface area contributed by atoms with Crippen LogP contribution in [0.3, 0.4) is 0 Å². The van der Waals surface area contributed by atoms with Gasteiger partial charge in [0.25, 0.3) is 11.8 Å². The number of fused-ring (bicyclic) bond motifs is 1. The zero-order valence-corrected chi connectivity index (χ0v) is 14.6. The summed E-state index contributed by atoms with van der Waals surface area (Å²) in [6.07, 6.45) is 0. The fraction of sp³-hybridized carbons (Fsp3) is 0.263. The molecule has 2 N–H and O–H groups in total. The third kappa shape index (κ3) is 4.24. The van der Waals surface area contributed by atoms with Crippen LogP contribution in [-0.4, -0.2) is 25.2 Å². The van der Waals surface area contributed by atoms with Crippen molar-refractivity contribution in [3.63, 3.8) is 0 Å². The van der Waals surface area contributed by atoms with Gasteiger partial charge in [-0.1, -0.05) is 26.0 Å². The monoisotopic (exact) mass is 356 g/mol. The van der Waals surface area contributed by atoms with Gasteiger partial charge in [-0.05, 0) is 41.8 Å². The number of ether oxygens (including phenoxy) is 3. The molecule has 3 rings (SSSR count). The van der Waals surface area contributed by atoms with Crippen LogP contribution in [0.1, 0.15) is 35.7 Å². The van der Waals surface area contributed by atoms with Gasteiger partial charge < -0.3 is 14.2 Å². The summed E-state index contributed by atoms with van der Waals surface area (Å²) in [7, 11) is 0. The van der Waals surface area contributed by atoms with Crippen LogP contribution in [0.4, 0.5) is 0 Å². The summed E-state index contributed by atoms with van der Waals surface area (Å²) in [5, 5.41) is 0.